The van der Waals surface area contributed by atoms with Crippen molar-refractivity contribution in [2.45, 2.75) is 6.04 Å². The van der Waals surface area contributed by atoms with Gasteiger partial charge in [0, 0.05) is 17.8 Å². The molecule has 3 rings (SSSR count). The van der Waals surface area contributed by atoms with Crippen molar-refractivity contribution in [2.75, 3.05) is 18.4 Å². The first kappa shape index (κ1) is 30.4. The standard InChI is InChI=1S/C27H23Cl2N7O5/c28-19-10-17(15-5-2-1-3-6-15)11-20(29)23(19)25(39)36-21(26(40)41)12-32-22(37)13-33-24(38)16-7-4-8-18(9-16)35-27(31)34-14-30/h1-11,21H,12-13H2,(H,32,37)(H,33,38)(H,36,39)(H,40,41)(H3,31,34,35)/t21-/m0/s1. The summed E-state index contributed by atoms with van der Waals surface area (Å²) < 4.78 is 0. The molecule has 41 heavy (non-hydrogen) atoms. The summed E-state index contributed by atoms with van der Waals surface area (Å²) in [6, 6.07) is 16.8. The Bertz CT molecular complexity index is 1520. The van der Waals surface area contributed by atoms with Gasteiger partial charge in [-0.25, -0.2) is 4.79 Å². The molecule has 0 aliphatic heterocycles. The first-order chi connectivity index (χ1) is 19.6. The number of benzene rings is 3. The van der Waals surface area contributed by atoms with Crippen LogP contribution in [0.25, 0.3) is 11.1 Å². The minimum atomic E-state index is -1.52. The topological polar surface area (TPSA) is 199 Å². The Morgan fingerprint density at radius 2 is 1.61 bits per heavy atom. The van der Waals surface area contributed by atoms with Crippen LogP contribution < -0.4 is 27.0 Å². The van der Waals surface area contributed by atoms with E-state index in [0.717, 1.165) is 5.56 Å². The molecule has 0 saturated carbocycles. The maximum atomic E-state index is 12.8. The number of aliphatic carboxylic acids is 1. The molecule has 0 bridgehead atoms. The molecule has 12 nitrogen and oxygen atoms in total. The molecule has 0 aliphatic carbocycles. The van der Waals surface area contributed by atoms with Crippen LogP contribution in [-0.4, -0.2) is 53.9 Å². The lowest BCUT2D eigenvalue weighted by Crippen LogP contribution is -2.50. The maximum absolute atomic E-state index is 12.8. The number of carboxylic acids is 1. The van der Waals surface area contributed by atoms with Crippen molar-refractivity contribution in [1.82, 2.24) is 16.0 Å². The molecule has 1 atom stereocenters. The highest BCUT2D eigenvalue weighted by atomic mass is 35.5. The molecule has 0 aliphatic rings. The van der Waals surface area contributed by atoms with E-state index >= 15 is 0 Å². The summed E-state index contributed by atoms with van der Waals surface area (Å²) in [6.45, 7) is -0.961. The zero-order chi connectivity index (χ0) is 29.9. The summed E-state index contributed by atoms with van der Waals surface area (Å²) in [4.78, 5) is 52.6. The van der Waals surface area contributed by atoms with Crippen LogP contribution in [0, 0.1) is 11.5 Å². The van der Waals surface area contributed by atoms with Gasteiger partial charge in [0.05, 0.1) is 22.2 Å². The summed E-state index contributed by atoms with van der Waals surface area (Å²) >= 11 is 12.6. The molecule has 3 amide bonds. The highest BCUT2D eigenvalue weighted by molar-refractivity contribution is 6.40. The van der Waals surface area contributed by atoms with E-state index in [4.69, 9.17) is 34.2 Å². The summed E-state index contributed by atoms with van der Waals surface area (Å²) in [7, 11) is 0. The third-order valence-corrected chi connectivity index (χ3v) is 6.06. The Morgan fingerprint density at radius 1 is 0.927 bits per heavy atom. The fourth-order valence-electron chi connectivity index (χ4n) is 3.53. The van der Waals surface area contributed by atoms with Crippen molar-refractivity contribution >= 4 is 58.5 Å². The largest absolute Gasteiger partial charge is 0.480 e. The minimum absolute atomic E-state index is 0.0176. The Kier molecular flexibility index (Phi) is 10.6. The zero-order valence-corrected chi connectivity index (χ0v) is 22.7. The summed E-state index contributed by atoms with van der Waals surface area (Å²) in [5.41, 5.74) is 7.44. The monoisotopic (exact) mass is 595 g/mol. The van der Waals surface area contributed by atoms with Crippen molar-refractivity contribution in [3.05, 3.63) is 87.9 Å². The molecule has 210 valence electrons. The van der Waals surface area contributed by atoms with E-state index < -0.39 is 42.8 Å². The fraction of sp³-hybridized carbons (Fsp3) is 0.111. The lowest BCUT2D eigenvalue weighted by Gasteiger charge is -2.17. The van der Waals surface area contributed by atoms with E-state index in [9.17, 15) is 24.3 Å². The lowest BCUT2D eigenvalue weighted by atomic mass is 10.0. The number of anilines is 1. The van der Waals surface area contributed by atoms with Crippen molar-refractivity contribution < 1.29 is 24.3 Å². The van der Waals surface area contributed by atoms with Gasteiger partial charge in [-0.15, -0.1) is 4.99 Å². The van der Waals surface area contributed by atoms with Gasteiger partial charge < -0.3 is 32.1 Å². The molecule has 14 heteroatoms. The maximum Gasteiger partial charge on any atom is 0.328 e. The van der Waals surface area contributed by atoms with Gasteiger partial charge in [-0.1, -0.05) is 59.6 Å². The van der Waals surface area contributed by atoms with Crippen molar-refractivity contribution in [1.29, 1.82) is 5.26 Å². The second-order valence-electron chi connectivity index (χ2n) is 8.33. The van der Waals surface area contributed by atoms with E-state index in [2.05, 4.69) is 26.3 Å². The molecule has 0 heterocycles. The third kappa shape index (κ3) is 8.69. The predicted octanol–water partition coefficient (Wildman–Crippen LogP) is 2.60. The molecule has 3 aromatic rings. The normalized spacial score (nSPS) is 11.5. The fourth-order valence-corrected chi connectivity index (χ4v) is 4.19. The Morgan fingerprint density at radius 3 is 2.24 bits per heavy atom. The van der Waals surface area contributed by atoms with Crippen LogP contribution in [0.5, 0.6) is 0 Å². The van der Waals surface area contributed by atoms with Crippen LogP contribution in [0.2, 0.25) is 10.0 Å². The van der Waals surface area contributed by atoms with Gasteiger partial charge >= 0.3 is 5.97 Å². The average molecular weight is 596 g/mol. The van der Waals surface area contributed by atoms with Crippen LogP contribution in [0.3, 0.4) is 0 Å². The number of aliphatic imine (C=N–C) groups is 1. The second-order valence-corrected chi connectivity index (χ2v) is 9.15. The molecule has 0 spiro atoms. The Balaban J connectivity index is 1.57. The molecular formula is C27H23Cl2N7O5. The number of halogens is 2. The van der Waals surface area contributed by atoms with Crippen molar-refractivity contribution in [3.8, 4) is 17.3 Å². The molecule has 0 radical (unpaired) electrons. The van der Waals surface area contributed by atoms with E-state index in [0.29, 0.717) is 11.3 Å². The first-order valence-corrected chi connectivity index (χ1v) is 12.6. The highest BCUT2D eigenvalue weighted by Gasteiger charge is 2.25. The van der Waals surface area contributed by atoms with Crippen LogP contribution in [0.1, 0.15) is 20.7 Å². The smallest absolute Gasteiger partial charge is 0.328 e. The number of hydrogen-bond acceptors (Lipinski definition) is 6. The minimum Gasteiger partial charge on any atom is -0.480 e. The number of nitrogens with one attached hydrogen (secondary N) is 4. The quantitative estimate of drug-likeness (QED) is 0.117. The zero-order valence-electron chi connectivity index (χ0n) is 21.2. The summed E-state index contributed by atoms with van der Waals surface area (Å²) in [6.07, 6.45) is 1.52. The van der Waals surface area contributed by atoms with Gasteiger partial charge in [0.25, 0.3) is 11.8 Å². The lowest BCUT2D eigenvalue weighted by molar-refractivity contribution is -0.139. The number of carbonyl (C=O) groups is 4. The van der Waals surface area contributed by atoms with E-state index in [-0.39, 0.29) is 27.1 Å². The van der Waals surface area contributed by atoms with Crippen molar-refractivity contribution in [2.24, 2.45) is 10.7 Å². The Hall–Kier alpha value is -5.12. The van der Waals surface area contributed by atoms with Crippen LogP contribution in [-0.2, 0) is 9.59 Å². The predicted molar refractivity (Wildman–Crippen MR) is 153 cm³/mol. The average Bonchev–Trinajstić information content (AvgIpc) is 2.94. The molecule has 0 fully saturated rings. The van der Waals surface area contributed by atoms with Gasteiger partial charge in [0.15, 0.2) is 0 Å². The number of hydrogen-bond donors (Lipinski definition) is 6. The number of guanidine groups is 1. The number of amides is 3. The van der Waals surface area contributed by atoms with Crippen LogP contribution >= 0.6 is 23.2 Å². The van der Waals surface area contributed by atoms with Crippen LogP contribution in [0.4, 0.5) is 5.69 Å². The summed E-state index contributed by atoms with van der Waals surface area (Å²) in [5.74, 6) is -3.74. The molecule has 7 N–H and O–H groups in total. The molecular weight excluding hydrogens is 573 g/mol. The molecule has 3 aromatic carbocycles. The Labute approximate surface area is 244 Å². The van der Waals surface area contributed by atoms with E-state index in [1.807, 2.05) is 30.3 Å². The molecule has 0 aromatic heterocycles. The SMILES string of the molecule is N#C/N=C(\N)Nc1cccc(C(=O)NCC(=O)NC[C@H](NC(=O)c2c(Cl)cc(-c3ccccc3)cc2Cl)C(=O)O)c1. The highest BCUT2D eigenvalue weighted by Crippen LogP contribution is 2.31. The number of nitrogens with two attached hydrogens (primary N) is 1. The number of nitriles is 1. The number of carboxylic acid groups (broad SMARTS) is 1. The number of carbonyl (C=O) groups excluding carboxylic acids is 3. The van der Waals surface area contributed by atoms with Crippen LogP contribution in [0.15, 0.2) is 71.7 Å². The third-order valence-electron chi connectivity index (χ3n) is 5.46. The van der Waals surface area contributed by atoms with E-state index in [1.165, 1.54) is 18.3 Å². The second kappa shape index (κ2) is 14.3. The summed E-state index contributed by atoms with van der Waals surface area (Å²) in [5, 5.41) is 27.8. The number of nitrogens with zero attached hydrogens (tertiary/aromatic N) is 2. The number of rotatable bonds is 10. The van der Waals surface area contributed by atoms with E-state index in [1.54, 1.807) is 24.3 Å². The van der Waals surface area contributed by atoms with Gasteiger partial charge in [-0.2, -0.15) is 5.26 Å². The first-order valence-electron chi connectivity index (χ1n) is 11.8. The molecule has 0 saturated heterocycles. The van der Waals surface area contributed by atoms with Crippen molar-refractivity contribution in [3.63, 3.8) is 0 Å². The van der Waals surface area contributed by atoms with Gasteiger partial charge in [0.1, 0.15) is 6.04 Å². The van der Waals surface area contributed by atoms with Gasteiger partial charge in [0.2, 0.25) is 18.1 Å². The van der Waals surface area contributed by atoms with Gasteiger partial charge in [-0.3, -0.25) is 14.4 Å². The van der Waals surface area contributed by atoms with Gasteiger partial charge in [-0.05, 0) is 41.5 Å². The molecule has 0 unspecified atom stereocenters.